The van der Waals surface area contributed by atoms with Gasteiger partial charge in [-0.15, -0.1) is 0 Å². The molecule has 9 nitrogen and oxygen atoms in total. The molecule has 1 saturated heterocycles. The quantitative estimate of drug-likeness (QED) is 0.647. The third-order valence-electron chi connectivity index (χ3n) is 6.01. The molecular formula is C24H29N3O6S. The molecule has 2 N–H and O–H groups in total. The van der Waals surface area contributed by atoms with Crippen LogP contribution in [0.4, 0.5) is 11.4 Å². The molecule has 2 amide bonds. The molecule has 1 fully saturated rings. The molecule has 2 heterocycles. The smallest absolute Gasteiger partial charge is 0.265 e. The molecule has 2 aromatic rings. The zero-order valence-corrected chi connectivity index (χ0v) is 20.3. The summed E-state index contributed by atoms with van der Waals surface area (Å²) in [6, 6.07) is 10.1. The Morgan fingerprint density at radius 3 is 2.71 bits per heavy atom. The Labute approximate surface area is 199 Å². The first-order valence-corrected chi connectivity index (χ1v) is 12.8. The maximum atomic E-state index is 13.5. The van der Waals surface area contributed by atoms with Gasteiger partial charge in [0.2, 0.25) is 15.9 Å². The zero-order chi connectivity index (χ0) is 24.5. The monoisotopic (exact) mass is 487 g/mol. The Hall–Kier alpha value is -3.11. The number of hydrogen-bond donors (Lipinski definition) is 2. The van der Waals surface area contributed by atoms with Crippen LogP contribution in [0.15, 0.2) is 41.3 Å². The lowest BCUT2D eigenvalue weighted by atomic mass is 9.99. The van der Waals surface area contributed by atoms with Crippen LogP contribution in [0.1, 0.15) is 32.3 Å². The molecule has 10 heteroatoms. The van der Waals surface area contributed by atoms with Gasteiger partial charge in [-0.3, -0.25) is 9.59 Å². The first kappa shape index (κ1) is 24.0. The largest absolute Gasteiger partial charge is 0.494 e. The van der Waals surface area contributed by atoms with Crippen LogP contribution in [-0.2, 0) is 19.6 Å². The maximum Gasteiger partial charge on any atom is 0.265 e. The molecule has 2 aromatic carbocycles. The highest BCUT2D eigenvalue weighted by molar-refractivity contribution is 7.89. The van der Waals surface area contributed by atoms with Gasteiger partial charge in [-0.1, -0.05) is 0 Å². The second-order valence-corrected chi connectivity index (χ2v) is 10.4. The fourth-order valence-corrected chi connectivity index (χ4v) is 5.93. The summed E-state index contributed by atoms with van der Waals surface area (Å²) >= 11 is 0. The summed E-state index contributed by atoms with van der Waals surface area (Å²) in [6.07, 6.45) is 0.468. The predicted octanol–water partition coefficient (Wildman–Crippen LogP) is 3.15. The SMILES string of the molecule is CCOc1ccc(NC(=O)[C@@H]2CCCN(S(=O)(=O)c3cc4c(cc3C)NC(=O)[C@@H](C)O4)C2)cc1. The first-order chi connectivity index (χ1) is 16.2. The van der Waals surface area contributed by atoms with Gasteiger partial charge >= 0.3 is 0 Å². The van der Waals surface area contributed by atoms with E-state index in [4.69, 9.17) is 9.47 Å². The number of amides is 2. The van der Waals surface area contributed by atoms with E-state index in [9.17, 15) is 18.0 Å². The topological polar surface area (TPSA) is 114 Å². The Morgan fingerprint density at radius 2 is 2.00 bits per heavy atom. The summed E-state index contributed by atoms with van der Waals surface area (Å²) in [5, 5.41) is 5.61. The van der Waals surface area contributed by atoms with E-state index >= 15 is 0 Å². The summed E-state index contributed by atoms with van der Waals surface area (Å²) in [4.78, 5) is 24.9. The third kappa shape index (κ3) is 4.88. The molecule has 0 spiro atoms. The van der Waals surface area contributed by atoms with Crippen molar-refractivity contribution >= 4 is 33.2 Å². The number of carbonyl (C=O) groups is 2. The lowest BCUT2D eigenvalue weighted by molar-refractivity contribution is -0.123. The van der Waals surface area contributed by atoms with Crippen molar-refractivity contribution < 1.29 is 27.5 Å². The lowest BCUT2D eigenvalue weighted by Crippen LogP contribution is -2.44. The molecule has 0 bridgehead atoms. The van der Waals surface area contributed by atoms with Crippen molar-refractivity contribution in [3.8, 4) is 11.5 Å². The Morgan fingerprint density at radius 1 is 1.26 bits per heavy atom. The fourth-order valence-electron chi connectivity index (χ4n) is 4.18. The van der Waals surface area contributed by atoms with Gasteiger partial charge in [-0.25, -0.2) is 8.42 Å². The minimum atomic E-state index is -3.86. The van der Waals surface area contributed by atoms with Gasteiger partial charge < -0.3 is 20.1 Å². The number of hydrogen-bond acceptors (Lipinski definition) is 6. The van der Waals surface area contributed by atoms with Crippen molar-refractivity contribution in [2.24, 2.45) is 5.92 Å². The highest BCUT2D eigenvalue weighted by atomic mass is 32.2. The van der Waals surface area contributed by atoms with Crippen molar-refractivity contribution in [3.63, 3.8) is 0 Å². The highest BCUT2D eigenvalue weighted by Crippen LogP contribution is 2.36. The molecule has 182 valence electrons. The number of rotatable bonds is 6. The van der Waals surface area contributed by atoms with Crippen LogP contribution in [0.2, 0.25) is 0 Å². The van der Waals surface area contributed by atoms with Gasteiger partial charge in [-0.2, -0.15) is 4.31 Å². The number of ether oxygens (including phenoxy) is 2. The molecule has 34 heavy (non-hydrogen) atoms. The van der Waals surface area contributed by atoms with Crippen molar-refractivity contribution in [3.05, 3.63) is 42.0 Å². The zero-order valence-electron chi connectivity index (χ0n) is 19.5. The number of sulfonamides is 1. The summed E-state index contributed by atoms with van der Waals surface area (Å²) in [5.74, 6) is 0.0708. The van der Waals surface area contributed by atoms with Gasteiger partial charge in [0, 0.05) is 24.8 Å². The summed E-state index contributed by atoms with van der Waals surface area (Å²) in [6.45, 7) is 6.16. The third-order valence-corrected chi connectivity index (χ3v) is 8.02. The van der Waals surface area contributed by atoms with Crippen LogP contribution in [-0.4, -0.2) is 50.3 Å². The van der Waals surface area contributed by atoms with Crippen molar-refractivity contribution in [2.75, 3.05) is 30.3 Å². The van der Waals surface area contributed by atoms with Crippen LogP contribution in [0.3, 0.4) is 0 Å². The molecule has 0 unspecified atom stereocenters. The number of piperidine rings is 1. The van der Waals surface area contributed by atoms with Gasteiger partial charge in [0.1, 0.15) is 11.5 Å². The first-order valence-electron chi connectivity index (χ1n) is 11.3. The van der Waals surface area contributed by atoms with Crippen LogP contribution >= 0.6 is 0 Å². The molecule has 2 aliphatic heterocycles. The van der Waals surface area contributed by atoms with Crippen LogP contribution in [0, 0.1) is 12.8 Å². The highest BCUT2D eigenvalue weighted by Gasteiger charge is 2.35. The molecule has 0 aliphatic carbocycles. The fraction of sp³-hybridized carbons (Fsp3) is 0.417. The van der Waals surface area contributed by atoms with Crippen LogP contribution < -0.4 is 20.1 Å². The molecule has 2 atom stereocenters. The van der Waals surface area contributed by atoms with Crippen LogP contribution in [0.25, 0.3) is 0 Å². The van der Waals surface area contributed by atoms with Crippen molar-refractivity contribution in [1.82, 2.24) is 4.31 Å². The molecule has 0 radical (unpaired) electrons. The van der Waals surface area contributed by atoms with E-state index in [1.165, 1.54) is 10.4 Å². The van der Waals surface area contributed by atoms with E-state index in [0.717, 1.165) is 0 Å². The van der Waals surface area contributed by atoms with Crippen molar-refractivity contribution in [2.45, 2.75) is 44.6 Å². The maximum absolute atomic E-state index is 13.5. The number of benzene rings is 2. The second-order valence-electron chi connectivity index (χ2n) is 8.51. The summed E-state index contributed by atoms with van der Waals surface area (Å²) in [7, 11) is -3.86. The van der Waals surface area contributed by atoms with E-state index in [2.05, 4.69) is 10.6 Å². The number of nitrogens with one attached hydrogen (secondary N) is 2. The molecule has 0 aromatic heterocycles. The number of aryl methyl sites for hydroxylation is 1. The molecule has 0 saturated carbocycles. The van der Waals surface area contributed by atoms with E-state index in [1.54, 1.807) is 44.2 Å². The molecule has 2 aliphatic rings. The van der Waals surface area contributed by atoms with Crippen molar-refractivity contribution in [1.29, 1.82) is 0 Å². The Kier molecular flexibility index (Phi) is 6.81. The summed E-state index contributed by atoms with van der Waals surface area (Å²) in [5.41, 5.74) is 1.58. The van der Waals surface area contributed by atoms with Crippen LogP contribution in [0.5, 0.6) is 11.5 Å². The van der Waals surface area contributed by atoms with E-state index in [-0.39, 0.29) is 23.3 Å². The van der Waals surface area contributed by atoms with E-state index in [0.29, 0.717) is 54.4 Å². The predicted molar refractivity (Wildman–Crippen MR) is 128 cm³/mol. The average molecular weight is 488 g/mol. The number of carbonyl (C=O) groups excluding carboxylic acids is 2. The normalized spacial score (nSPS) is 20.6. The average Bonchev–Trinajstić information content (AvgIpc) is 2.81. The number of anilines is 2. The van der Waals surface area contributed by atoms with E-state index < -0.39 is 22.0 Å². The second kappa shape index (κ2) is 9.63. The van der Waals surface area contributed by atoms with Gasteiger partial charge in [-0.05, 0) is 69.5 Å². The van der Waals surface area contributed by atoms with Gasteiger partial charge in [0.05, 0.1) is 23.1 Å². The number of nitrogens with zero attached hydrogens (tertiary/aromatic N) is 1. The lowest BCUT2D eigenvalue weighted by Gasteiger charge is -2.32. The minimum absolute atomic E-state index is 0.0930. The Balaban J connectivity index is 1.49. The minimum Gasteiger partial charge on any atom is -0.494 e. The number of fused-ring (bicyclic) bond motifs is 1. The molecule has 4 rings (SSSR count). The standard InChI is InChI=1S/C24H29N3O6S/c1-4-32-19-9-7-18(8-10-19)25-24(29)17-6-5-11-27(14-17)34(30,31)22-13-21-20(12-15(22)2)26-23(28)16(3)33-21/h7-10,12-13,16-17H,4-6,11,14H2,1-3H3,(H,25,29)(H,26,28)/t16-,17-/m1/s1. The Bertz CT molecular complexity index is 1200. The van der Waals surface area contributed by atoms with E-state index in [1.807, 2.05) is 6.92 Å². The van der Waals surface area contributed by atoms with Gasteiger partial charge in [0.25, 0.3) is 5.91 Å². The molecular weight excluding hydrogens is 458 g/mol. The summed E-state index contributed by atoms with van der Waals surface area (Å²) < 4.78 is 39.4. The van der Waals surface area contributed by atoms with Gasteiger partial charge in [0.15, 0.2) is 6.10 Å².